The van der Waals surface area contributed by atoms with Crippen molar-refractivity contribution in [1.29, 1.82) is 0 Å². The molecule has 0 saturated heterocycles. The van der Waals surface area contributed by atoms with Crippen molar-refractivity contribution in [2.75, 3.05) is 19.1 Å². The molecular weight excluding hydrogens is 332 g/mol. The molecule has 0 bridgehead atoms. The topological polar surface area (TPSA) is 59.1 Å². The van der Waals surface area contributed by atoms with E-state index in [0.717, 1.165) is 18.4 Å². The molecule has 3 aliphatic rings. The molecule has 2 aromatic rings. The zero-order chi connectivity index (χ0) is 18.0. The standard InChI is InChI=1S/C20H18N2O4/c1-25-15-10-9-13-16(17(15)26-2)20(24)22-14-6-4-3-5-12(14)19(23)21(18(13)22)11-7-8-11/h3-6,9-11,18H,7-8H2,1-2H3. The molecule has 0 N–H and O–H groups in total. The maximum absolute atomic E-state index is 13.4. The Hall–Kier alpha value is -3.02. The normalized spacial score (nSPS) is 20.6. The third-order valence-corrected chi connectivity index (χ3v) is 5.37. The van der Waals surface area contributed by atoms with E-state index in [2.05, 4.69) is 0 Å². The number of fused-ring (bicyclic) bond motifs is 5. The van der Waals surface area contributed by atoms with Gasteiger partial charge in [-0.3, -0.25) is 14.5 Å². The number of amides is 2. The maximum Gasteiger partial charge on any atom is 0.264 e. The highest BCUT2D eigenvalue weighted by Crippen LogP contribution is 2.52. The zero-order valence-corrected chi connectivity index (χ0v) is 14.6. The SMILES string of the molecule is COc1ccc2c(c1OC)C(=O)N1c3ccccc3C(=O)N(C3CC3)C21. The number of ether oxygens (including phenoxy) is 2. The number of nitrogens with zero attached hydrogens (tertiary/aromatic N) is 2. The summed E-state index contributed by atoms with van der Waals surface area (Å²) in [6, 6.07) is 11.1. The molecule has 132 valence electrons. The highest BCUT2D eigenvalue weighted by atomic mass is 16.5. The van der Waals surface area contributed by atoms with E-state index in [1.54, 1.807) is 24.1 Å². The molecule has 1 unspecified atom stereocenters. The molecule has 1 fully saturated rings. The summed E-state index contributed by atoms with van der Waals surface area (Å²) in [7, 11) is 3.08. The van der Waals surface area contributed by atoms with E-state index < -0.39 is 6.17 Å². The molecule has 2 heterocycles. The Bertz CT molecular complexity index is 951. The van der Waals surface area contributed by atoms with Crippen LogP contribution in [-0.4, -0.2) is 37.0 Å². The average Bonchev–Trinajstić information content (AvgIpc) is 3.46. The molecule has 0 spiro atoms. The predicted molar refractivity (Wildman–Crippen MR) is 94.7 cm³/mol. The first-order valence-electron chi connectivity index (χ1n) is 8.67. The van der Waals surface area contributed by atoms with Gasteiger partial charge in [0.2, 0.25) is 0 Å². The summed E-state index contributed by atoms with van der Waals surface area (Å²) >= 11 is 0. The van der Waals surface area contributed by atoms with Gasteiger partial charge in [-0.25, -0.2) is 0 Å². The number of hydrogen-bond acceptors (Lipinski definition) is 4. The lowest BCUT2D eigenvalue weighted by Gasteiger charge is -2.41. The van der Waals surface area contributed by atoms with Gasteiger partial charge in [0.1, 0.15) is 6.17 Å². The van der Waals surface area contributed by atoms with Crippen LogP contribution in [0.15, 0.2) is 36.4 Å². The van der Waals surface area contributed by atoms with Crippen molar-refractivity contribution in [2.45, 2.75) is 25.0 Å². The Balaban J connectivity index is 1.78. The molecule has 6 nitrogen and oxygen atoms in total. The largest absolute Gasteiger partial charge is 0.493 e. The summed E-state index contributed by atoms with van der Waals surface area (Å²) in [6.07, 6.45) is 1.51. The number of para-hydroxylation sites is 1. The van der Waals surface area contributed by atoms with Crippen LogP contribution in [0, 0.1) is 0 Å². The average molecular weight is 350 g/mol. The number of carbonyl (C=O) groups excluding carboxylic acids is 2. The minimum atomic E-state index is -0.424. The minimum Gasteiger partial charge on any atom is -0.493 e. The van der Waals surface area contributed by atoms with Crippen LogP contribution in [0.25, 0.3) is 0 Å². The van der Waals surface area contributed by atoms with Crippen molar-refractivity contribution in [3.05, 3.63) is 53.1 Å². The van der Waals surface area contributed by atoms with Gasteiger partial charge >= 0.3 is 0 Å². The van der Waals surface area contributed by atoms with Gasteiger partial charge in [0.15, 0.2) is 11.5 Å². The lowest BCUT2D eigenvalue weighted by atomic mass is 10.0. The van der Waals surface area contributed by atoms with Crippen molar-refractivity contribution in [3.8, 4) is 11.5 Å². The first-order valence-corrected chi connectivity index (χ1v) is 8.67. The summed E-state index contributed by atoms with van der Waals surface area (Å²) in [5.41, 5.74) is 2.50. The molecule has 1 saturated carbocycles. The molecule has 2 aliphatic heterocycles. The van der Waals surface area contributed by atoms with Gasteiger partial charge in [0, 0.05) is 11.6 Å². The van der Waals surface area contributed by atoms with Gasteiger partial charge in [-0.15, -0.1) is 0 Å². The summed E-state index contributed by atoms with van der Waals surface area (Å²) in [4.78, 5) is 30.1. The van der Waals surface area contributed by atoms with Gasteiger partial charge in [0.05, 0.1) is 31.0 Å². The Morgan fingerprint density at radius 3 is 2.42 bits per heavy atom. The van der Waals surface area contributed by atoms with Crippen LogP contribution in [0.3, 0.4) is 0 Å². The van der Waals surface area contributed by atoms with Gasteiger partial charge < -0.3 is 14.4 Å². The molecule has 6 heteroatoms. The lowest BCUT2D eigenvalue weighted by molar-refractivity contribution is 0.0630. The Morgan fingerprint density at radius 1 is 0.962 bits per heavy atom. The molecular formula is C20H18N2O4. The lowest BCUT2D eigenvalue weighted by Crippen LogP contribution is -2.49. The second-order valence-electron chi connectivity index (χ2n) is 6.77. The van der Waals surface area contributed by atoms with Crippen LogP contribution < -0.4 is 14.4 Å². The first-order chi connectivity index (χ1) is 12.7. The van der Waals surface area contributed by atoms with E-state index in [9.17, 15) is 9.59 Å². The van der Waals surface area contributed by atoms with Crippen molar-refractivity contribution >= 4 is 17.5 Å². The monoisotopic (exact) mass is 350 g/mol. The van der Waals surface area contributed by atoms with Gasteiger partial charge in [-0.2, -0.15) is 0 Å². The Labute approximate surface area is 150 Å². The number of benzene rings is 2. The summed E-state index contributed by atoms with van der Waals surface area (Å²) in [5.74, 6) is 0.758. The van der Waals surface area contributed by atoms with E-state index in [0.29, 0.717) is 28.3 Å². The summed E-state index contributed by atoms with van der Waals surface area (Å²) < 4.78 is 10.9. The Morgan fingerprint density at radius 2 is 1.73 bits per heavy atom. The number of rotatable bonds is 3. The van der Waals surface area contributed by atoms with Crippen molar-refractivity contribution in [1.82, 2.24) is 4.90 Å². The maximum atomic E-state index is 13.4. The van der Waals surface area contributed by atoms with Gasteiger partial charge in [0.25, 0.3) is 11.8 Å². The van der Waals surface area contributed by atoms with Crippen molar-refractivity contribution < 1.29 is 19.1 Å². The molecule has 0 radical (unpaired) electrons. The van der Waals surface area contributed by atoms with E-state index >= 15 is 0 Å². The molecule has 26 heavy (non-hydrogen) atoms. The van der Waals surface area contributed by atoms with E-state index in [1.807, 2.05) is 29.2 Å². The summed E-state index contributed by atoms with van der Waals surface area (Å²) in [5, 5.41) is 0. The molecule has 2 aromatic carbocycles. The Kier molecular flexibility index (Phi) is 3.07. The molecule has 5 rings (SSSR count). The fourth-order valence-electron chi connectivity index (χ4n) is 4.10. The van der Waals surface area contributed by atoms with Crippen LogP contribution in [0.1, 0.15) is 45.3 Å². The molecule has 1 atom stereocenters. The fraction of sp³-hybridized carbons (Fsp3) is 0.300. The van der Waals surface area contributed by atoms with Crippen molar-refractivity contribution in [3.63, 3.8) is 0 Å². The van der Waals surface area contributed by atoms with E-state index in [4.69, 9.17) is 9.47 Å². The van der Waals surface area contributed by atoms with E-state index in [1.165, 1.54) is 7.11 Å². The smallest absolute Gasteiger partial charge is 0.264 e. The second-order valence-corrected chi connectivity index (χ2v) is 6.77. The second kappa shape index (κ2) is 5.24. The fourth-order valence-corrected chi connectivity index (χ4v) is 4.10. The van der Waals surface area contributed by atoms with Crippen LogP contribution >= 0.6 is 0 Å². The van der Waals surface area contributed by atoms with Crippen LogP contribution in [0.4, 0.5) is 5.69 Å². The third-order valence-electron chi connectivity index (χ3n) is 5.37. The van der Waals surface area contributed by atoms with Crippen LogP contribution in [-0.2, 0) is 0 Å². The quantitative estimate of drug-likeness (QED) is 0.854. The molecule has 0 aromatic heterocycles. The number of anilines is 1. The van der Waals surface area contributed by atoms with Crippen LogP contribution in [0.2, 0.25) is 0 Å². The predicted octanol–water partition coefficient (Wildman–Crippen LogP) is 2.98. The van der Waals surface area contributed by atoms with Crippen molar-refractivity contribution in [2.24, 2.45) is 0 Å². The van der Waals surface area contributed by atoms with Gasteiger partial charge in [-0.1, -0.05) is 18.2 Å². The number of methoxy groups -OCH3 is 2. The first kappa shape index (κ1) is 15.3. The summed E-state index contributed by atoms with van der Waals surface area (Å²) in [6.45, 7) is 0. The third kappa shape index (κ3) is 1.81. The number of hydrogen-bond donors (Lipinski definition) is 0. The zero-order valence-electron chi connectivity index (χ0n) is 14.6. The van der Waals surface area contributed by atoms with E-state index in [-0.39, 0.29) is 17.9 Å². The number of carbonyl (C=O) groups is 2. The molecule has 2 amide bonds. The minimum absolute atomic E-state index is 0.0141. The highest BCUT2D eigenvalue weighted by molar-refractivity contribution is 6.18. The molecule has 1 aliphatic carbocycles. The van der Waals surface area contributed by atoms with Crippen LogP contribution in [0.5, 0.6) is 11.5 Å². The highest BCUT2D eigenvalue weighted by Gasteiger charge is 2.53. The van der Waals surface area contributed by atoms with Gasteiger partial charge in [-0.05, 0) is 31.0 Å².